The van der Waals surface area contributed by atoms with Gasteiger partial charge in [0.2, 0.25) is 0 Å². The third-order valence-electron chi connectivity index (χ3n) is 7.11. The number of H-pyrrole nitrogens is 1. The molecule has 0 saturated heterocycles. The molecule has 0 amide bonds. The van der Waals surface area contributed by atoms with Gasteiger partial charge < -0.3 is 19.1 Å². The van der Waals surface area contributed by atoms with Gasteiger partial charge in [0.05, 0.1) is 35.1 Å². The molecule has 38 heavy (non-hydrogen) atoms. The van der Waals surface area contributed by atoms with Crippen molar-refractivity contribution in [3.8, 4) is 28.1 Å². The zero-order valence-electron chi connectivity index (χ0n) is 22.1. The first kappa shape index (κ1) is 24.2. The van der Waals surface area contributed by atoms with Crippen LogP contribution in [0, 0.1) is 13.8 Å². The van der Waals surface area contributed by atoms with Gasteiger partial charge in [-0.2, -0.15) is 0 Å². The Bertz CT molecular complexity index is 1700. The number of nitrogens with zero attached hydrogens (tertiary/aromatic N) is 5. The fourth-order valence-electron chi connectivity index (χ4n) is 5.28. The number of aromatic amines is 1. The number of methoxy groups -OCH3 is 1. The van der Waals surface area contributed by atoms with Crippen LogP contribution in [0.4, 0.5) is 4.39 Å². The smallest absolute Gasteiger partial charge is 0.142 e. The van der Waals surface area contributed by atoms with E-state index in [0.717, 1.165) is 79.4 Å². The van der Waals surface area contributed by atoms with E-state index in [1.54, 1.807) is 25.5 Å². The molecule has 1 aliphatic rings. The van der Waals surface area contributed by atoms with Gasteiger partial charge in [0.25, 0.3) is 0 Å². The van der Waals surface area contributed by atoms with Crippen LogP contribution >= 0.6 is 0 Å². The predicted octanol–water partition coefficient (Wildman–Crippen LogP) is 5.47. The van der Waals surface area contributed by atoms with Gasteiger partial charge in [-0.3, -0.25) is 4.98 Å². The average Bonchev–Trinajstić information content (AvgIpc) is 3.43. The van der Waals surface area contributed by atoms with E-state index in [-0.39, 0.29) is 6.42 Å². The Kier molecular flexibility index (Phi) is 5.95. The summed E-state index contributed by atoms with van der Waals surface area (Å²) in [6.45, 7) is 4.61. The maximum Gasteiger partial charge on any atom is 0.142 e. The standard InChI is InChI=1S/C29H29FN6O2/c1-15-26(16(2)38-35-15)21-13-23-20(14-24(21)37-5)27-28(33-25(9-11-36(3)4)34-29(27)32-23)18-8-10-31-22-7-6-17(30)12-19(18)22/h6-8,10,13-14,17H,9,11-12H2,1-5H3,(H,32,33,34). The van der Waals surface area contributed by atoms with Crippen molar-refractivity contribution in [3.05, 3.63) is 59.0 Å². The predicted molar refractivity (Wildman–Crippen MR) is 146 cm³/mol. The highest BCUT2D eigenvalue weighted by Crippen LogP contribution is 2.42. The van der Waals surface area contributed by atoms with Gasteiger partial charge in [-0.15, -0.1) is 0 Å². The Hall–Kier alpha value is -4.11. The van der Waals surface area contributed by atoms with Crippen molar-refractivity contribution in [2.75, 3.05) is 27.7 Å². The maximum atomic E-state index is 14.5. The molecule has 1 aliphatic carbocycles. The third-order valence-corrected chi connectivity index (χ3v) is 7.11. The lowest BCUT2D eigenvalue weighted by Crippen LogP contribution is -2.16. The molecule has 1 N–H and O–H groups in total. The summed E-state index contributed by atoms with van der Waals surface area (Å²) in [5, 5.41) is 5.93. The second-order valence-electron chi connectivity index (χ2n) is 9.99. The summed E-state index contributed by atoms with van der Waals surface area (Å²) in [6, 6.07) is 5.98. The van der Waals surface area contributed by atoms with Crippen LogP contribution in [0.5, 0.6) is 5.75 Å². The summed E-state index contributed by atoms with van der Waals surface area (Å²) in [4.78, 5) is 20.1. The first-order chi connectivity index (χ1) is 18.3. The fourth-order valence-corrected chi connectivity index (χ4v) is 5.28. The quantitative estimate of drug-likeness (QED) is 0.323. The van der Waals surface area contributed by atoms with Crippen LogP contribution in [-0.4, -0.2) is 63.9 Å². The van der Waals surface area contributed by atoms with Crippen LogP contribution in [0.1, 0.15) is 28.5 Å². The lowest BCUT2D eigenvalue weighted by molar-refractivity contribution is 0.393. The summed E-state index contributed by atoms with van der Waals surface area (Å²) in [6.07, 6.45) is 4.95. The highest BCUT2D eigenvalue weighted by molar-refractivity contribution is 6.13. The van der Waals surface area contributed by atoms with Crippen LogP contribution in [0.25, 0.3) is 50.4 Å². The number of alkyl halides is 1. The maximum absolute atomic E-state index is 14.5. The first-order valence-electron chi connectivity index (χ1n) is 12.6. The molecule has 0 fully saturated rings. The number of ether oxygens (including phenoxy) is 1. The van der Waals surface area contributed by atoms with Crippen molar-refractivity contribution in [1.29, 1.82) is 0 Å². The molecule has 6 rings (SSSR count). The van der Waals surface area contributed by atoms with Crippen molar-refractivity contribution >= 4 is 28.0 Å². The van der Waals surface area contributed by atoms with Crippen molar-refractivity contribution in [1.82, 2.24) is 30.0 Å². The van der Waals surface area contributed by atoms with Crippen LogP contribution in [-0.2, 0) is 12.8 Å². The molecule has 0 aliphatic heterocycles. The number of hydrogen-bond donors (Lipinski definition) is 1. The molecule has 0 radical (unpaired) electrons. The number of likely N-dealkylation sites (N-methyl/N-ethyl adjacent to an activating group) is 1. The van der Waals surface area contributed by atoms with Gasteiger partial charge >= 0.3 is 0 Å². The molecule has 8 nitrogen and oxygen atoms in total. The van der Waals surface area contributed by atoms with Crippen LogP contribution in [0.15, 0.2) is 35.0 Å². The molecule has 0 bridgehead atoms. The van der Waals surface area contributed by atoms with Crippen molar-refractivity contribution in [3.63, 3.8) is 0 Å². The number of aromatic nitrogens is 5. The van der Waals surface area contributed by atoms with Gasteiger partial charge in [0.1, 0.15) is 29.2 Å². The van der Waals surface area contributed by atoms with Gasteiger partial charge in [-0.05, 0) is 63.9 Å². The van der Waals surface area contributed by atoms with E-state index in [2.05, 4.69) is 20.0 Å². The highest BCUT2D eigenvalue weighted by atomic mass is 19.1. The van der Waals surface area contributed by atoms with Crippen molar-refractivity contribution in [2.45, 2.75) is 32.9 Å². The normalized spacial score (nSPS) is 15.1. The molecular formula is C29H29FN6O2. The van der Waals surface area contributed by atoms with E-state index in [9.17, 15) is 4.39 Å². The number of allylic oxidation sites excluding steroid dienone is 1. The number of pyridine rings is 1. The Balaban J connectivity index is 1.65. The van der Waals surface area contributed by atoms with Gasteiger partial charge in [-0.1, -0.05) is 5.16 Å². The number of benzene rings is 1. The zero-order chi connectivity index (χ0) is 26.6. The second-order valence-corrected chi connectivity index (χ2v) is 9.99. The van der Waals surface area contributed by atoms with Gasteiger partial charge in [-0.25, -0.2) is 14.4 Å². The number of hydrogen-bond acceptors (Lipinski definition) is 7. The topological polar surface area (TPSA) is 93.0 Å². The lowest BCUT2D eigenvalue weighted by atomic mass is 9.92. The number of rotatable bonds is 6. The largest absolute Gasteiger partial charge is 0.496 e. The molecule has 194 valence electrons. The summed E-state index contributed by atoms with van der Waals surface area (Å²) in [7, 11) is 5.71. The SMILES string of the molecule is COc1cc2c(cc1-c1c(C)noc1C)[nH]c1nc(CCN(C)C)nc(-c3ccnc4c3CC(F)C=C4)c12. The lowest BCUT2D eigenvalue weighted by Gasteiger charge is -2.18. The summed E-state index contributed by atoms with van der Waals surface area (Å²) in [5.74, 6) is 2.14. The number of halogens is 1. The fraction of sp³-hybridized carbons (Fsp3) is 0.310. The van der Waals surface area contributed by atoms with E-state index < -0.39 is 6.17 Å². The Morgan fingerprint density at radius 2 is 2.03 bits per heavy atom. The monoisotopic (exact) mass is 512 g/mol. The molecule has 1 atom stereocenters. The molecule has 5 aromatic rings. The number of fused-ring (bicyclic) bond motifs is 4. The third kappa shape index (κ3) is 4.03. The van der Waals surface area contributed by atoms with Gasteiger partial charge in [0, 0.05) is 47.6 Å². The molecule has 0 spiro atoms. The van der Waals surface area contributed by atoms with E-state index in [1.807, 2.05) is 46.1 Å². The Labute approximate surface area is 219 Å². The molecule has 1 unspecified atom stereocenters. The molecule has 1 aromatic carbocycles. The zero-order valence-corrected chi connectivity index (χ0v) is 22.1. The van der Waals surface area contributed by atoms with E-state index >= 15 is 0 Å². The van der Waals surface area contributed by atoms with Crippen LogP contribution in [0.3, 0.4) is 0 Å². The van der Waals surface area contributed by atoms with Crippen LogP contribution in [0.2, 0.25) is 0 Å². The first-order valence-corrected chi connectivity index (χ1v) is 12.6. The van der Waals surface area contributed by atoms with Gasteiger partial charge in [0.15, 0.2) is 0 Å². The molecule has 0 saturated carbocycles. The Morgan fingerprint density at radius 1 is 1.18 bits per heavy atom. The minimum atomic E-state index is -1.06. The number of aryl methyl sites for hydroxylation is 2. The van der Waals surface area contributed by atoms with E-state index in [0.29, 0.717) is 12.2 Å². The van der Waals surface area contributed by atoms with Crippen molar-refractivity contribution < 1.29 is 13.7 Å². The second kappa shape index (κ2) is 9.33. The minimum Gasteiger partial charge on any atom is -0.496 e. The van der Waals surface area contributed by atoms with E-state index in [1.165, 1.54) is 0 Å². The summed E-state index contributed by atoms with van der Waals surface area (Å²) in [5.41, 5.74) is 7.47. The molecule has 9 heteroatoms. The minimum absolute atomic E-state index is 0.259. The Morgan fingerprint density at radius 3 is 2.76 bits per heavy atom. The average molecular weight is 513 g/mol. The summed E-state index contributed by atoms with van der Waals surface area (Å²) >= 11 is 0. The molecule has 4 heterocycles. The van der Waals surface area contributed by atoms with Crippen molar-refractivity contribution in [2.24, 2.45) is 0 Å². The van der Waals surface area contributed by atoms with Crippen LogP contribution < -0.4 is 4.74 Å². The van der Waals surface area contributed by atoms with E-state index in [4.69, 9.17) is 19.2 Å². The summed E-state index contributed by atoms with van der Waals surface area (Å²) < 4.78 is 25.8. The highest BCUT2D eigenvalue weighted by Gasteiger charge is 2.24. The molecule has 4 aromatic heterocycles. The molecular weight excluding hydrogens is 483 g/mol. The number of nitrogens with one attached hydrogen (secondary N) is 1.